The van der Waals surface area contributed by atoms with Crippen LogP contribution in [-0.2, 0) is 6.42 Å². The van der Waals surface area contributed by atoms with Crippen LogP contribution in [0, 0.1) is 0 Å². The molecule has 176 valence electrons. The fourth-order valence-corrected chi connectivity index (χ4v) is 5.52. The minimum atomic E-state index is -0.223. The number of benzene rings is 2. The number of carbonyl (C=O) groups is 1. The van der Waals surface area contributed by atoms with E-state index in [2.05, 4.69) is 51.3 Å². The summed E-state index contributed by atoms with van der Waals surface area (Å²) in [7, 11) is 1.53. The highest BCUT2D eigenvalue weighted by Crippen LogP contribution is 2.31. The normalized spacial score (nSPS) is 18.4. The number of ether oxygens (including phenoxy) is 1. The van der Waals surface area contributed by atoms with Crippen molar-refractivity contribution in [3.8, 4) is 6.01 Å². The van der Waals surface area contributed by atoms with Crippen molar-refractivity contribution in [1.29, 1.82) is 0 Å². The van der Waals surface area contributed by atoms with Crippen molar-refractivity contribution >= 4 is 49.7 Å². The lowest BCUT2D eigenvalue weighted by Crippen LogP contribution is -2.54. The molecule has 1 amide bonds. The number of methoxy groups -OCH3 is 1. The quantitative estimate of drug-likeness (QED) is 0.445. The Balaban J connectivity index is 1.51. The van der Waals surface area contributed by atoms with E-state index in [-0.39, 0.29) is 11.9 Å². The van der Waals surface area contributed by atoms with Gasteiger partial charge in [-0.15, -0.1) is 11.3 Å². The Morgan fingerprint density at radius 1 is 1.21 bits per heavy atom. The van der Waals surface area contributed by atoms with E-state index in [1.807, 2.05) is 30.3 Å². The third-order valence-electron chi connectivity index (χ3n) is 6.02. The fraction of sp³-hybridized carbons (Fsp3) is 0.360. The van der Waals surface area contributed by atoms with Gasteiger partial charge in [0.2, 0.25) is 0 Å². The molecule has 0 radical (unpaired) electrons. The Morgan fingerprint density at radius 2 is 2.00 bits per heavy atom. The topological polar surface area (TPSA) is 92.3 Å². The fourth-order valence-electron chi connectivity index (χ4n) is 4.57. The van der Waals surface area contributed by atoms with E-state index < -0.39 is 0 Å². The van der Waals surface area contributed by atoms with E-state index >= 15 is 0 Å². The van der Waals surface area contributed by atoms with E-state index in [4.69, 9.17) is 4.74 Å². The van der Waals surface area contributed by atoms with Gasteiger partial charge in [0.1, 0.15) is 0 Å². The predicted octanol–water partition coefficient (Wildman–Crippen LogP) is 4.25. The summed E-state index contributed by atoms with van der Waals surface area (Å²) in [5, 5.41) is 8.51. The molecule has 2 N–H and O–H groups in total. The second-order valence-corrected chi connectivity index (χ2v) is 9.84. The molecule has 2 atom stereocenters. The number of thiazole rings is 1. The minimum Gasteiger partial charge on any atom is -0.467 e. The largest absolute Gasteiger partial charge is 0.467 e. The number of carbonyl (C=O) groups excluding carboxylic acids is 1. The second-order valence-electron chi connectivity index (χ2n) is 8.72. The standard InChI is InChI=1S/C25H28N6O2S/c1-5-22-29-19-8-6-16(10-21(19)34-22)28-24(32)17-7-9-20(31-12-14(2)27-15(3)13-31)18-11-26-25(33-4)30-23(17)18/h6-11,14-15,27H,5,12-13H2,1-4H3,(H,28,32)/t14-,15-/m1/s1. The van der Waals surface area contributed by atoms with E-state index in [9.17, 15) is 4.79 Å². The predicted molar refractivity (Wildman–Crippen MR) is 137 cm³/mol. The van der Waals surface area contributed by atoms with E-state index in [0.717, 1.165) is 51.5 Å². The van der Waals surface area contributed by atoms with Crippen molar-refractivity contribution in [2.24, 2.45) is 0 Å². The van der Waals surface area contributed by atoms with Gasteiger partial charge in [0.25, 0.3) is 5.91 Å². The summed E-state index contributed by atoms with van der Waals surface area (Å²) in [4.78, 5) is 29.2. The van der Waals surface area contributed by atoms with Crippen molar-refractivity contribution in [1.82, 2.24) is 20.3 Å². The van der Waals surface area contributed by atoms with Crippen LogP contribution in [0.15, 0.2) is 36.5 Å². The molecule has 0 spiro atoms. The Morgan fingerprint density at radius 3 is 2.74 bits per heavy atom. The Kier molecular flexibility index (Phi) is 6.05. The van der Waals surface area contributed by atoms with Crippen LogP contribution < -0.4 is 20.3 Å². The molecule has 34 heavy (non-hydrogen) atoms. The molecule has 2 aromatic heterocycles. The minimum absolute atomic E-state index is 0.223. The smallest absolute Gasteiger partial charge is 0.316 e. The number of aromatic nitrogens is 3. The molecule has 1 saturated heterocycles. The molecule has 1 aliphatic heterocycles. The number of hydrogen-bond acceptors (Lipinski definition) is 8. The summed E-state index contributed by atoms with van der Waals surface area (Å²) in [5.74, 6) is -0.223. The lowest BCUT2D eigenvalue weighted by molar-refractivity contribution is 0.102. The molecule has 1 fully saturated rings. The number of nitrogens with zero attached hydrogens (tertiary/aromatic N) is 4. The number of anilines is 2. The maximum atomic E-state index is 13.4. The monoisotopic (exact) mass is 476 g/mol. The number of piperazine rings is 1. The Hall–Kier alpha value is -3.30. The molecule has 0 aliphatic carbocycles. The molecule has 0 unspecified atom stereocenters. The van der Waals surface area contributed by atoms with Gasteiger partial charge in [0.05, 0.1) is 33.4 Å². The van der Waals surface area contributed by atoms with Crippen LogP contribution in [-0.4, -0.2) is 53.1 Å². The van der Waals surface area contributed by atoms with Crippen LogP contribution in [0.1, 0.15) is 36.1 Å². The summed E-state index contributed by atoms with van der Waals surface area (Å²) < 4.78 is 6.33. The molecule has 8 nitrogen and oxygen atoms in total. The molecule has 9 heteroatoms. The first-order valence-electron chi connectivity index (χ1n) is 11.5. The van der Waals surface area contributed by atoms with Gasteiger partial charge in [-0.05, 0) is 50.6 Å². The van der Waals surface area contributed by atoms with Gasteiger partial charge in [-0.3, -0.25) is 4.79 Å². The molecule has 0 bridgehead atoms. The molecule has 5 rings (SSSR count). The zero-order valence-electron chi connectivity index (χ0n) is 19.8. The summed E-state index contributed by atoms with van der Waals surface area (Å²) in [6.45, 7) is 8.18. The van der Waals surface area contributed by atoms with Crippen LogP contribution in [0.25, 0.3) is 21.1 Å². The van der Waals surface area contributed by atoms with Crippen molar-refractivity contribution in [2.45, 2.75) is 39.3 Å². The van der Waals surface area contributed by atoms with Crippen LogP contribution in [0.4, 0.5) is 11.4 Å². The molecule has 0 saturated carbocycles. The Labute approximate surface area is 202 Å². The molecule has 2 aromatic carbocycles. The van der Waals surface area contributed by atoms with Gasteiger partial charge in [-0.1, -0.05) is 6.92 Å². The summed E-state index contributed by atoms with van der Waals surface area (Å²) >= 11 is 1.65. The van der Waals surface area contributed by atoms with Gasteiger partial charge in [-0.2, -0.15) is 4.98 Å². The third kappa shape index (κ3) is 4.28. The van der Waals surface area contributed by atoms with Gasteiger partial charge < -0.3 is 20.3 Å². The van der Waals surface area contributed by atoms with Crippen LogP contribution in [0.5, 0.6) is 6.01 Å². The van der Waals surface area contributed by atoms with Crippen LogP contribution in [0.2, 0.25) is 0 Å². The number of fused-ring (bicyclic) bond motifs is 2. The zero-order chi connectivity index (χ0) is 23.8. The van der Waals surface area contributed by atoms with Crippen molar-refractivity contribution in [3.63, 3.8) is 0 Å². The lowest BCUT2D eigenvalue weighted by Gasteiger charge is -2.38. The maximum absolute atomic E-state index is 13.4. The first kappa shape index (κ1) is 22.5. The van der Waals surface area contributed by atoms with Crippen LogP contribution in [0.3, 0.4) is 0 Å². The lowest BCUT2D eigenvalue weighted by atomic mass is 10.0. The highest BCUT2D eigenvalue weighted by atomic mass is 32.1. The van der Waals surface area contributed by atoms with Gasteiger partial charge >= 0.3 is 6.01 Å². The average molecular weight is 477 g/mol. The van der Waals surface area contributed by atoms with Crippen molar-refractivity contribution in [2.75, 3.05) is 30.4 Å². The molecule has 1 aliphatic rings. The average Bonchev–Trinajstić information content (AvgIpc) is 3.25. The summed E-state index contributed by atoms with van der Waals surface area (Å²) in [6.07, 6.45) is 2.64. The van der Waals surface area contributed by atoms with Crippen LogP contribution >= 0.6 is 11.3 Å². The summed E-state index contributed by atoms with van der Waals surface area (Å²) in [6, 6.07) is 10.6. The number of hydrogen-bond donors (Lipinski definition) is 2. The number of nitrogens with one attached hydrogen (secondary N) is 2. The third-order valence-corrected chi connectivity index (χ3v) is 7.19. The molecule has 3 heterocycles. The van der Waals surface area contributed by atoms with E-state index in [1.165, 1.54) is 7.11 Å². The first-order chi connectivity index (χ1) is 16.4. The zero-order valence-corrected chi connectivity index (χ0v) is 20.6. The second kappa shape index (κ2) is 9.15. The summed E-state index contributed by atoms with van der Waals surface area (Å²) in [5.41, 5.74) is 3.76. The number of aryl methyl sites for hydroxylation is 1. The molecular formula is C25H28N6O2S. The number of amides is 1. The maximum Gasteiger partial charge on any atom is 0.316 e. The Bertz CT molecular complexity index is 1360. The molecule has 4 aromatic rings. The number of rotatable bonds is 5. The van der Waals surface area contributed by atoms with Gasteiger partial charge in [-0.25, -0.2) is 9.97 Å². The first-order valence-corrected chi connectivity index (χ1v) is 12.3. The molecular weight excluding hydrogens is 448 g/mol. The van der Waals surface area contributed by atoms with E-state index in [0.29, 0.717) is 23.2 Å². The highest BCUT2D eigenvalue weighted by Gasteiger charge is 2.24. The van der Waals surface area contributed by atoms with Crippen molar-refractivity contribution < 1.29 is 9.53 Å². The SMILES string of the molecule is CCc1nc2ccc(NC(=O)c3ccc(N4C[C@@H](C)N[C@H](C)C4)c4cnc(OC)nc34)cc2s1. The van der Waals surface area contributed by atoms with Gasteiger partial charge in [0, 0.05) is 48.1 Å². The van der Waals surface area contributed by atoms with E-state index in [1.54, 1.807) is 17.5 Å². The van der Waals surface area contributed by atoms with Crippen molar-refractivity contribution in [3.05, 3.63) is 47.1 Å². The van der Waals surface area contributed by atoms with Gasteiger partial charge in [0.15, 0.2) is 0 Å². The highest BCUT2D eigenvalue weighted by molar-refractivity contribution is 7.18.